The average Bonchev–Trinajstić information content (AvgIpc) is 2.83. The van der Waals surface area contributed by atoms with E-state index in [4.69, 9.17) is 10.3 Å². The number of rotatable bonds is 3. The zero-order chi connectivity index (χ0) is 10.7. The zero-order valence-electron chi connectivity index (χ0n) is 8.08. The minimum absolute atomic E-state index is 0.371. The molecule has 78 valence electrons. The summed E-state index contributed by atoms with van der Waals surface area (Å²) in [6.45, 7) is 1.74. The highest BCUT2D eigenvalue weighted by Crippen LogP contribution is 2.01. The van der Waals surface area contributed by atoms with Crippen molar-refractivity contribution in [1.29, 1.82) is 0 Å². The molecule has 0 saturated heterocycles. The van der Waals surface area contributed by atoms with Gasteiger partial charge in [-0.3, -0.25) is 0 Å². The van der Waals surface area contributed by atoms with Crippen LogP contribution in [0.5, 0.6) is 0 Å². The molecule has 0 fully saturated rings. The molecule has 0 bridgehead atoms. The lowest BCUT2D eigenvalue weighted by atomic mass is 10.5. The number of hydrogen-bond donors (Lipinski definition) is 2. The predicted molar refractivity (Wildman–Crippen MR) is 54.8 cm³/mol. The van der Waals surface area contributed by atoms with Crippen molar-refractivity contribution < 1.29 is 4.42 Å². The Kier molecular flexibility index (Phi) is 2.36. The Hall–Kier alpha value is -2.31. The van der Waals surface area contributed by atoms with Crippen molar-refractivity contribution in [3.8, 4) is 0 Å². The molecule has 15 heavy (non-hydrogen) atoms. The monoisotopic (exact) mass is 206 g/mol. The molecule has 0 aliphatic rings. The molecular weight excluding hydrogens is 196 g/mol. The number of nitrogen functional groups attached to an aromatic ring is 1. The van der Waals surface area contributed by atoms with Crippen LogP contribution >= 0.6 is 0 Å². The molecule has 0 amide bonds. The smallest absolute Gasteiger partial charge is 0.263 e. The van der Waals surface area contributed by atoms with Crippen LogP contribution in [0.2, 0.25) is 0 Å². The van der Waals surface area contributed by atoms with Crippen LogP contribution in [0.3, 0.4) is 0 Å². The molecule has 0 unspecified atom stereocenters. The molecule has 0 aliphatic heterocycles. The van der Waals surface area contributed by atoms with Gasteiger partial charge in [0.2, 0.25) is 0 Å². The van der Waals surface area contributed by atoms with E-state index in [-0.39, 0.29) is 0 Å². The van der Waals surface area contributed by atoms with Gasteiger partial charge in [0.05, 0.1) is 12.5 Å². The van der Waals surface area contributed by atoms with Crippen LogP contribution in [-0.4, -0.2) is 21.1 Å². The van der Waals surface area contributed by atoms with E-state index >= 15 is 0 Å². The Morgan fingerprint density at radius 2 is 2.47 bits per heavy atom. The molecule has 0 aliphatic carbocycles. The van der Waals surface area contributed by atoms with Gasteiger partial charge in [-0.15, -0.1) is 10.2 Å². The second kappa shape index (κ2) is 3.82. The molecule has 0 aromatic carbocycles. The van der Waals surface area contributed by atoms with Crippen molar-refractivity contribution >= 4 is 12.2 Å². The Labute approximate surface area is 85.6 Å². The number of anilines is 1. The minimum atomic E-state index is 0.371. The number of furan rings is 1. The fraction of sp³-hybridized carbons (Fsp3) is 0.125. The van der Waals surface area contributed by atoms with E-state index in [1.165, 1.54) is 10.9 Å². The van der Waals surface area contributed by atoms with Crippen molar-refractivity contribution in [2.75, 3.05) is 11.3 Å². The molecule has 0 radical (unpaired) electrons. The van der Waals surface area contributed by atoms with Crippen molar-refractivity contribution in [1.82, 2.24) is 14.9 Å². The lowest BCUT2D eigenvalue weighted by Gasteiger charge is -1.98. The summed E-state index contributed by atoms with van der Waals surface area (Å²) in [7, 11) is 0. The molecular formula is C8H10N6O. The fourth-order valence-corrected chi connectivity index (χ4v) is 0.964. The van der Waals surface area contributed by atoms with Gasteiger partial charge in [0.1, 0.15) is 5.76 Å². The molecule has 0 spiro atoms. The normalized spacial score (nSPS) is 11.0. The average molecular weight is 206 g/mol. The van der Waals surface area contributed by atoms with Crippen LogP contribution in [0.4, 0.5) is 5.95 Å². The van der Waals surface area contributed by atoms with Gasteiger partial charge in [0.15, 0.2) is 5.82 Å². The summed E-state index contributed by atoms with van der Waals surface area (Å²) < 4.78 is 6.35. The summed E-state index contributed by atoms with van der Waals surface area (Å²) in [4.78, 5) is 0. The molecule has 7 nitrogen and oxygen atoms in total. The number of nitrogens with one attached hydrogen (secondary N) is 1. The third kappa shape index (κ3) is 1.96. The summed E-state index contributed by atoms with van der Waals surface area (Å²) in [5.74, 6) is 7.21. The van der Waals surface area contributed by atoms with E-state index in [9.17, 15) is 0 Å². The molecule has 0 saturated carbocycles. The second-order valence-corrected chi connectivity index (χ2v) is 2.83. The first kappa shape index (κ1) is 9.25. The van der Waals surface area contributed by atoms with E-state index in [2.05, 4.69) is 20.7 Å². The van der Waals surface area contributed by atoms with E-state index in [0.29, 0.717) is 17.5 Å². The number of nitrogens with zero attached hydrogens (tertiary/aromatic N) is 4. The quantitative estimate of drug-likeness (QED) is 0.429. The first-order valence-corrected chi connectivity index (χ1v) is 4.27. The van der Waals surface area contributed by atoms with Gasteiger partial charge in [-0.1, -0.05) is 0 Å². The standard InChI is InChI=1S/C8H10N6O/c1-6-11-13-8(14(6)9)12-10-5-7-3-2-4-15-7/h2-5H,9H2,1H3,(H,12,13). The van der Waals surface area contributed by atoms with Gasteiger partial charge < -0.3 is 10.3 Å². The molecule has 2 rings (SSSR count). The Balaban J connectivity index is 2.02. The van der Waals surface area contributed by atoms with Crippen LogP contribution in [0.15, 0.2) is 27.9 Å². The summed E-state index contributed by atoms with van der Waals surface area (Å²) in [5.41, 5.74) is 2.65. The lowest BCUT2D eigenvalue weighted by molar-refractivity contribution is 0.560. The van der Waals surface area contributed by atoms with Crippen LogP contribution in [0.25, 0.3) is 0 Å². The van der Waals surface area contributed by atoms with E-state index in [1.807, 2.05) is 0 Å². The molecule has 2 aromatic rings. The van der Waals surface area contributed by atoms with E-state index < -0.39 is 0 Å². The topological polar surface area (TPSA) is 94.3 Å². The third-order valence-corrected chi connectivity index (χ3v) is 1.77. The number of aromatic nitrogens is 3. The minimum Gasteiger partial charge on any atom is -0.463 e. The summed E-state index contributed by atoms with van der Waals surface area (Å²) >= 11 is 0. The van der Waals surface area contributed by atoms with Crippen molar-refractivity contribution in [3.05, 3.63) is 30.0 Å². The zero-order valence-corrected chi connectivity index (χ0v) is 8.08. The van der Waals surface area contributed by atoms with Gasteiger partial charge in [-0.05, 0) is 19.1 Å². The third-order valence-electron chi connectivity index (χ3n) is 1.77. The highest BCUT2D eigenvalue weighted by atomic mass is 16.3. The second-order valence-electron chi connectivity index (χ2n) is 2.83. The summed E-state index contributed by atoms with van der Waals surface area (Å²) in [5, 5.41) is 11.4. The molecule has 0 atom stereocenters. The number of hydrogen-bond acceptors (Lipinski definition) is 6. The first-order chi connectivity index (χ1) is 7.27. The SMILES string of the molecule is Cc1nnc(NN=Cc2ccco2)n1N. The maximum atomic E-state index is 5.59. The maximum Gasteiger partial charge on any atom is 0.263 e. The molecule has 3 N–H and O–H groups in total. The highest BCUT2D eigenvalue weighted by molar-refractivity contribution is 5.76. The molecule has 7 heteroatoms. The number of aryl methyl sites for hydroxylation is 1. The van der Waals surface area contributed by atoms with Crippen LogP contribution < -0.4 is 11.3 Å². The van der Waals surface area contributed by atoms with Crippen molar-refractivity contribution in [3.63, 3.8) is 0 Å². The molecule has 2 aromatic heterocycles. The van der Waals surface area contributed by atoms with Gasteiger partial charge in [-0.2, -0.15) is 5.10 Å². The van der Waals surface area contributed by atoms with E-state index in [0.717, 1.165) is 0 Å². The predicted octanol–water partition coefficient (Wildman–Crippen LogP) is 0.339. The van der Waals surface area contributed by atoms with Crippen LogP contribution in [-0.2, 0) is 0 Å². The maximum absolute atomic E-state index is 5.59. The number of nitrogens with two attached hydrogens (primary N) is 1. The Morgan fingerprint density at radius 1 is 1.60 bits per heavy atom. The largest absolute Gasteiger partial charge is 0.463 e. The van der Waals surface area contributed by atoms with Gasteiger partial charge >= 0.3 is 0 Å². The molecule has 2 heterocycles. The number of hydrazone groups is 1. The van der Waals surface area contributed by atoms with E-state index in [1.54, 1.807) is 25.3 Å². The summed E-state index contributed by atoms with van der Waals surface area (Å²) in [6.07, 6.45) is 3.08. The fourth-order valence-electron chi connectivity index (χ4n) is 0.964. The van der Waals surface area contributed by atoms with Gasteiger partial charge in [-0.25, -0.2) is 10.1 Å². The van der Waals surface area contributed by atoms with Crippen molar-refractivity contribution in [2.24, 2.45) is 5.10 Å². The Bertz CT molecular complexity index is 457. The van der Waals surface area contributed by atoms with Crippen LogP contribution in [0, 0.1) is 6.92 Å². The lowest BCUT2D eigenvalue weighted by Crippen LogP contribution is -2.13. The van der Waals surface area contributed by atoms with Gasteiger partial charge in [0.25, 0.3) is 5.95 Å². The van der Waals surface area contributed by atoms with Gasteiger partial charge in [0, 0.05) is 0 Å². The first-order valence-electron chi connectivity index (χ1n) is 4.27. The van der Waals surface area contributed by atoms with Crippen molar-refractivity contribution in [2.45, 2.75) is 6.92 Å². The Morgan fingerprint density at radius 3 is 3.07 bits per heavy atom. The highest BCUT2D eigenvalue weighted by Gasteiger charge is 2.02. The van der Waals surface area contributed by atoms with Crippen LogP contribution in [0.1, 0.15) is 11.6 Å². The summed E-state index contributed by atoms with van der Waals surface area (Å²) in [6, 6.07) is 3.56.